The fraction of sp³-hybridized carbons (Fsp3) is 0.500. The minimum Gasteiger partial charge on any atom is -0.497 e. The van der Waals surface area contributed by atoms with E-state index in [0.717, 1.165) is 29.5 Å². The molecule has 0 heterocycles. The van der Waals surface area contributed by atoms with Gasteiger partial charge in [-0.05, 0) is 43.0 Å². The summed E-state index contributed by atoms with van der Waals surface area (Å²) in [5.41, 5.74) is 2.33. The van der Waals surface area contributed by atoms with E-state index < -0.39 is 0 Å². The van der Waals surface area contributed by atoms with Crippen LogP contribution in [0, 0.1) is 5.92 Å². The fourth-order valence-corrected chi connectivity index (χ4v) is 4.00. The van der Waals surface area contributed by atoms with Crippen LogP contribution in [0.2, 0.25) is 0 Å². The number of para-hydroxylation sites is 1. The first kappa shape index (κ1) is 19.8. The maximum Gasteiger partial charge on any atom is 0.124 e. The monoisotopic (exact) mass is 367 g/mol. The second-order valence-electron chi connectivity index (χ2n) is 7.77. The van der Waals surface area contributed by atoms with Gasteiger partial charge in [-0.15, -0.1) is 0 Å². The van der Waals surface area contributed by atoms with Crippen LogP contribution in [-0.2, 0) is 13.2 Å². The maximum absolute atomic E-state index is 6.11. The van der Waals surface area contributed by atoms with Crippen LogP contribution in [0.15, 0.2) is 48.5 Å². The van der Waals surface area contributed by atoms with Crippen molar-refractivity contribution in [1.82, 2.24) is 5.32 Å². The molecule has 1 saturated carbocycles. The van der Waals surface area contributed by atoms with Crippen LogP contribution in [0.4, 0.5) is 0 Å². The summed E-state index contributed by atoms with van der Waals surface area (Å²) in [6.45, 7) is 3.71. The Morgan fingerprint density at radius 1 is 1.04 bits per heavy atom. The van der Waals surface area contributed by atoms with Crippen LogP contribution in [0.1, 0.15) is 56.6 Å². The normalized spacial score (nSPS) is 16.1. The predicted octanol–water partition coefficient (Wildman–Crippen LogP) is 5.72. The van der Waals surface area contributed by atoms with Gasteiger partial charge in [-0.25, -0.2) is 0 Å². The van der Waals surface area contributed by atoms with Gasteiger partial charge in [0.1, 0.15) is 18.1 Å². The van der Waals surface area contributed by atoms with Crippen LogP contribution in [0.3, 0.4) is 0 Å². The van der Waals surface area contributed by atoms with Gasteiger partial charge in [0, 0.05) is 18.2 Å². The first-order chi connectivity index (χ1) is 13.2. The molecule has 0 spiro atoms. The molecule has 3 heteroatoms. The molecule has 1 fully saturated rings. The summed E-state index contributed by atoms with van der Waals surface area (Å²) >= 11 is 0. The van der Waals surface area contributed by atoms with E-state index in [2.05, 4.69) is 36.5 Å². The third-order valence-electron chi connectivity index (χ3n) is 5.55. The minimum absolute atomic E-state index is 0.541. The van der Waals surface area contributed by atoms with Gasteiger partial charge in [-0.2, -0.15) is 0 Å². The quantitative estimate of drug-likeness (QED) is 0.614. The number of ether oxygens (including phenoxy) is 2. The summed E-state index contributed by atoms with van der Waals surface area (Å²) < 4.78 is 11.4. The van der Waals surface area contributed by atoms with Crippen molar-refractivity contribution in [1.29, 1.82) is 0 Å². The van der Waals surface area contributed by atoms with Gasteiger partial charge in [-0.3, -0.25) is 0 Å². The van der Waals surface area contributed by atoms with E-state index in [1.165, 1.54) is 44.1 Å². The average Bonchev–Trinajstić information content (AvgIpc) is 2.72. The van der Waals surface area contributed by atoms with Gasteiger partial charge >= 0.3 is 0 Å². The molecule has 0 bridgehead atoms. The zero-order valence-electron chi connectivity index (χ0n) is 16.7. The largest absolute Gasteiger partial charge is 0.497 e. The molecule has 3 nitrogen and oxygen atoms in total. The lowest BCUT2D eigenvalue weighted by Crippen LogP contribution is -2.28. The van der Waals surface area contributed by atoms with Crippen LogP contribution in [-0.4, -0.2) is 13.2 Å². The highest BCUT2D eigenvalue weighted by molar-refractivity contribution is 5.34. The molecule has 3 rings (SSSR count). The second kappa shape index (κ2) is 10.4. The second-order valence-corrected chi connectivity index (χ2v) is 7.77. The Morgan fingerprint density at radius 2 is 1.85 bits per heavy atom. The number of hydrogen-bond acceptors (Lipinski definition) is 3. The van der Waals surface area contributed by atoms with Crippen molar-refractivity contribution in [2.24, 2.45) is 5.92 Å². The summed E-state index contributed by atoms with van der Waals surface area (Å²) in [6.07, 6.45) is 8.36. The highest BCUT2D eigenvalue weighted by Crippen LogP contribution is 2.27. The third-order valence-corrected chi connectivity index (χ3v) is 5.55. The van der Waals surface area contributed by atoms with E-state index in [0.29, 0.717) is 12.6 Å². The molecule has 1 unspecified atom stereocenters. The van der Waals surface area contributed by atoms with Gasteiger partial charge in [0.15, 0.2) is 0 Å². The van der Waals surface area contributed by atoms with E-state index in [4.69, 9.17) is 9.47 Å². The molecule has 146 valence electrons. The molecule has 0 aromatic heterocycles. The Balaban J connectivity index is 1.52. The Hall–Kier alpha value is -2.00. The lowest BCUT2D eigenvalue weighted by Gasteiger charge is -2.25. The molecule has 27 heavy (non-hydrogen) atoms. The molecule has 1 aliphatic rings. The van der Waals surface area contributed by atoms with Crippen molar-refractivity contribution in [3.05, 3.63) is 59.7 Å². The number of methoxy groups -OCH3 is 1. The topological polar surface area (TPSA) is 30.5 Å². The molecule has 0 radical (unpaired) electrons. The number of hydrogen-bond donors (Lipinski definition) is 1. The Morgan fingerprint density at radius 3 is 2.67 bits per heavy atom. The number of nitrogens with one attached hydrogen (secondary N) is 1. The van der Waals surface area contributed by atoms with Crippen LogP contribution < -0.4 is 14.8 Å². The van der Waals surface area contributed by atoms with Gasteiger partial charge in [-0.1, -0.05) is 62.4 Å². The lowest BCUT2D eigenvalue weighted by molar-refractivity contribution is 0.294. The molecule has 1 atom stereocenters. The standard InChI is InChI=1S/C24H33NO2/c1-19(15-20-9-4-3-5-10-20)25-17-22-12-6-7-14-24(22)27-18-21-11-8-13-23(16-21)26-2/h6-8,11-14,16,19-20,25H,3-5,9-10,15,17-18H2,1-2H3. The van der Waals surface area contributed by atoms with E-state index in [1.807, 2.05) is 24.3 Å². The van der Waals surface area contributed by atoms with Crippen molar-refractivity contribution in [2.75, 3.05) is 7.11 Å². The summed E-state index contributed by atoms with van der Waals surface area (Å²) in [5, 5.41) is 3.70. The van der Waals surface area contributed by atoms with Gasteiger partial charge in [0.05, 0.1) is 7.11 Å². The third kappa shape index (κ3) is 6.28. The van der Waals surface area contributed by atoms with Crippen molar-refractivity contribution in [3.8, 4) is 11.5 Å². The van der Waals surface area contributed by atoms with Crippen LogP contribution >= 0.6 is 0 Å². The highest BCUT2D eigenvalue weighted by Gasteiger charge is 2.16. The molecule has 2 aromatic carbocycles. The number of benzene rings is 2. The molecule has 0 amide bonds. The van der Waals surface area contributed by atoms with Crippen molar-refractivity contribution in [3.63, 3.8) is 0 Å². The average molecular weight is 368 g/mol. The Bertz CT molecular complexity index is 694. The summed E-state index contributed by atoms with van der Waals surface area (Å²) in [5.74, 6) is 2.72. The summed E-state index contributed by atoms with van der Waals surface area (Å²) in [7, 11) is 1.69. The first-order valence-corrected chi connectivity index (χ1v) is 10.3. The highest BCUT2D eigenvalue weighted by atomic mass is 16.5. The molecular weight excluding hydrogens is 334 g/mol. The van der Waals surface area contributed by atoms with Crippen LogP contribution in [0.25, 0.3) is 0 Å². The van der Waals surface area contributed by atoms with Gasteiger partial charge < -0.3 is 14.8 Å². The summed E-state index contributed by atoms with van der Waals surface area (Å²) in [4.78, 5) is 0. The maximum atomic E-state index is 6.11. The molecule has 0 saturated heterocycles. The smallest absolute Gasteiger partial charge is 0.124 e. The minimum atomic E-state index is 0.541. The van der Waals surface area contributed by atoms with E-state index >= 15 is 0 Å². The first-order valence-electron chi connectivity index (χ1n) is 10.3. The van der Waals surface area contributed by atoms with Crippen molar-refractivity contribution >= 4 is 0 Å². The Labute approximate surface area is 164 Å². The van der Waals surface area contributed by atoms with Crippen LogP contribution in [0.5, 0.6) is 11.5 Å². The molecular formula is C24H33NO2. The van der Waals surface area contributed by atoms with E-state index in [-0.39, 0.29) is 0 Å². The molecule has 2 aromatic rings. The molecule has 1 N–H and O–H groups in total. The van der Waals surface area contributed by atoms with Crippen molar-refractivity contribution in [2.45, 2.75) is 64.6 Å². The van der Waals surface area contributed by atoms with E-state index in [9.17, 15) is 0 Å². The molecule has 1 aliphatic carbocycles. The Kier molecular flexibility index (Phi) is 7.58. The van der Waals surface area contributed by atoms with Gasteiger partial charge in [0.25, 0.3) is 0 Å². The van der Waals surface area contributed by atoms with E-state index in [1.54, 1.807) is 7.11 Å². The SMILES string of the molecule is COc1cccc(COc2ccccc2CNC(C)CC2CCCCC2)c1. The number of rotatable bonds is 9. The lowest BCUT2D eigenvalue weighted by atomic mass is 9.85. The fourth-order valence-electron chi connectivity index (χ4n) is 4.00. The zero-order valence-corrected chi connectivity index (χ0v) is 16.7. The predicted molar refractivity (Wildman–Crippen MR) is 111 cm³/mol. The molecule has 0 aliphatic heterocycles. The summed E-state index contributed by atoms with van der Waals surface area (Å²) in [6, 6.07) is 16.9. The van der Waals surface area contributed by atoms with Gasteiger partial charge in [0.2, 0.25) is 0 Å². The van der Waals surface area contributed by atoms with Crippen molar-refractivity contribution < 1.29 is 9.47 Å². The zero-order chi connectivity index (χ0) is 18.9.